The van der Waals surface area contributed by atoms with Gasteiger partial charge in [-0.15, -0.1) is 0 Å². The largest absolute Gasteiger partial charge is 0.462 e. The number of carbonyl (C=O) groups excluding carboxylic acids is 3. The van der Waals surface area contributed by atoms with Crippen LogP contribution in [0.4, 0.5) is 0 Å². The van der Waals surface area contributed by atoms with Gasteiger partial charge < -0.3 is 14.2 Å². The molecule has 0 aliphatic heterocycles. The van der Waals surface area contributed by atoms with Crippen molar-refractivity contribution in [3.05, 3.63) is 36.5 Å². The van der Waals surface area contributed by atoms with Crippen LogP contribution in [-0.4, -0.2) is 37.2 Å². The molecule has 0 radical (unpaired) electrons. The zero-order chi connectivity index (χ0) is 59.2. The van der Waals surface area contributed by atoms with Gasteiger partial charge in [0.15, 0.2) is 6.10 Å². The van der Waals surface area contributed by atoms with Crippen LogP contribution in [0.2, 0.25) is 0 Å². The van der Waals surface area contributed by atoms with Gasteiger partial charge in [-0.05, 0) is 70.6 Å². The first-order valence-electron chi connectivity index (χ1n) is 37.0. The monoisotopic (exact) mass is 1150 g/mol. The SMILES string of the molecule is CCC/C=C\C/C=C\CCCCCCCC(=O)OCC(COC(=O)CCCCCCCCCCCCCCCCCCCCCCCCC/C=C\CCCCCCCCCC)OC(=O)CCCCCCCCCCCCCCCCCC. The minimum absolute atomic E-state index is 0.0706. The standard InChI is InChI=1S/C76H142O6/c1-4-7-10-13-16-19-22-25-27-29-30-31-32-33-34-35-36-37-38-39-40-41-42-43-44-45-46-47-49-51-54-57-60-63-66-69-75(78)81-72-73(71-80-74(77)68-65-62-59-56-53-50-24-21-18-15-12-9-6-3)82-76(79)70-67-64-61-58-55-52-48-28-26-23-20-17-14-11-8-5-2/h12,15,21,24,29-30,73H,4-11,13-14,16-20,22-23,25-28,31-72H2,1-3H3/b15-12-,24-21-,30-29-. The summed E-state index contributed by atoms with van der Waals surface area (Å²) >= 11 is 0. The van der Waals surface area contributed by atoms with E-state index >= 15 is 0 Å². The van der Waals surface area contributed by atoms with E-state index in [2.05, 4.69) is 57.2 Å². The molecule has 1 unspecified atom stereocenters. The maximum absolute atomic E-state index is 12.9. The third kappa shape index (κ3) is 68.4. The first-order valence-corrected chi connectivity index (χ1v) is 37.0. The van der Waals surface area contributed by atoms with E-state index in [1.807, 2.05) is 0 Å². The van der Waals surface area contributed by atoms with Crippen LogP contribution in [0, 0.1) is 0 Å². The molecule has 0 fully saturated rings. The smallest absolute Gasteiger partial charge is 0.306 e. The molecule has 0 amide bonds. The Bertz CT molecular complexity index is 1370. The molecule has 0 N–H and O–H groups in total. The highest BCUT2D eigenvalue weighted by atomic mass is 16.6. The highest BCUT2D eigenvalue weighted by Gasteiger charge is 2.19. The van der Waals surface area contributed by atoms with Gasteiger partial charge in [-0.3, -0.25) is 14.4 Å². The summed E-state index contributed by atoms with van der Waals surface area (Å²) < 4.78 is 17.0. The molecule has 0 aliphatic rings. The van der Waals surface area contributed by atoms with Crippen LogP contribution in [0.15, 0.2) is 36.5 Å². The Balaban J connectivity index is 4.05. The number of esters is 3. The highest BCUT2D eigenvalue weighted by Crippen LogP contribution is 2.19. The van der Waals surface area contributed by atoms with Gasteiger partial charge in [0.1, 0.15) is 13.2 Å². The maximum atomic E-state index is 12.9. The Morgan fingerprint density at radius 2 is 0.463 bits per heavy atom. The van der Waals surface area contributed by atoms with Crippen LogP contribution >= 0.6 is 0 Å². The molecule has 0 heterocycles. The van der Waals surface area contributed by atoms with Crippen molar-refractivity contribution >= 4 is 17.9 Å². The number of rotatable bonds is 69. The van der Waals surface area contributed by atoms with Crippen molar-refractivity contribution in [2.45, 2.75) is 419 Å². The lowest BCUT2D eigenvalue weighted by atomic mass is 10.0. The van der Waals surface area contributed by atoms with Crippen LogP contribution in [0.3, 0.4) is 0 Å². The molecule has 6 heteroatoms. The van der Waals surface area contributed by atoms with Gasteiger partial charge in [-0.1, -0.05) is 359 Å². The van der Waals surface area contributed by atoms with Crippen molar-refractivity contribution in [3.63, 3.8) is 0 Å². The molecule has 482 valence electrons. The fourth-order valence-corrected chi connectivity index (χ4v) is 11.3. The van der Waals surface area contributed by atoms with Crippen LogP contribution in [0.1, 0.15) is 412 Å². The second-order valence-electron chi connectivity index (χ2n) is 25.2. The first-order chi connectivity index (χ1) is 40.5. The quantitative estimate of drug-likeness (QED) is 0.0261. The summed E-state index contributed by atoms with van der Waals surface area (Å²) in [5, 5.41) is 0. The third-order valence-electron chi connectivity index (χ3n) is 16.8. The number of carbonyl (C=O) groups is 3. The summed E-state index contributed by atoms with van der Waals surface area (Å²) in [5.41, 5.74) is 0. The van der Waals surface area contributed by atoms with Crippen molar-refractivity contribution < 1.29 is 28.6 Å². The van der Waals surface area contributed by atoms with Gasteiger partial charge in [-0.2, -0.15) is 0 Å². The molecule has 6 nitrogen and oxygen atoms in total. The molecule has 1 atom stereocenters. The maximum Gasteiger partial charge on any atom is 0.306 e. The topological polar surface area (TPSA) is 78.9 Å². The Morgan fingerprint density at radius 3 is 0.732 bits per heavy atom. The number of allylic oxidation sites excluding steroid dienone is 6. The molecule has 0 rings (SSSR count). The van der Waals surface area contributed by atoms with Crippen LogP contribution < -0.4 is 0 Å². The Morgan fingerprint density at radius 1 is 0.244 bits per heavy atom. The van der Waals surface area contributed by atoms with Crippen LogP contribution in [0.25, 0.3) is 0 Å². The van der Waals surface area contributed by atoms with Gasteiger partial charge in [-0.25, -0.2) is 0 Å². The normalized spacial score (nSPS) is 12.2. The molecule has 0 saturated heterocycles. The molecule has 0 aliphatic carbocycles. The lowest BCUT2D eigenvalue weighted by Gasteiger charge is -2.18. The number of hydrogen-bond donors (Lipinski definition) is 0. The summed E-state index contributed by atoms with van der Waals surface area (Å²) in [6.07, 6.45) is 89.2. The summed E-state index contributed by atoms with van der Waals surface area (Å²) in [6.45, 7) is 6.64. The summed E-state index contributed by atoms with van der Waals surface area (Å²) in [7, 11) is 0. The Hall–Kier alpha value is -2.37. The van der Waals surface area contributed by atoms with E-state index < -0.39 is 6.10 Å². The Kier molecular flexibility index (Phi) is 69.1. The highest BCUT2D eigenvalue weighted by molar-refractivity contribution is 5.71. The molecule has 0 aromatic carbocycles. The second-order valence-corrected chi connectivity index (χ2v) is 25.2. The average molecular weight is 1150 g/mol. The van der Waals surface area contributed by atoms with E-state index in [-0.39, 0.29) is 31.1 Å². The minimum Gasteiger partial charge on any atom is -0.462 e. The molecule has 0 bridgehead atoms. The zero-order valence-electron chi connectivity index (χ0n) is 55.5. The van der Waals surface area contributed by atoms with Gasteiger partial charge in [0.25, 0.3) is 0 Å². The molecular weight excluding hydrogens is 1010 g/mol. The van der Waals surface area contributed by atoms with Crippen LogP contribution in [0.5, 0.6) is 0 Å². The molecule has 0 aromatic heterocycles. The second kappa shape index (κ2) is 71.1. The summed E-state index contributed by atoms with van der Waals surface area (Å²) in [6, 6.07) is 0. The lowest BCUT2D eigenvalue weighted by molar-refractivity contribution is -0.167. The molecule has 0 aromatic rings. The molecule has 0 saturated carbocycles. The van der Waals surface area contributed by atoms with E-state index in [0.29, 0.717) is 19.3 Å². The molecule has 82 heavy (non-hydrogen) atoms. The van der Waals surface area contributed by atoms with E-state index in [1.54, 1.807) is 0 Å². The number of ether oxygens (including phenoxy) is 3. The van der Waals surface area contributed by atoms with E-state index in [0.717, 1.165) is 83.5 Å². The summed E-state index contributed by atoms with van der Waals surface area (Å²) in [5.74, 6) is -0.856. The minimum atomic E-state index is -0.775. The van der Waals surface area contributed by atoms with Gasteiger partial charge in [0.05, 0.1) is 0 Å². The van der Waals surface area contributed by atoms with Crippen molar-refractivity contribution in [1.82, 2.24) is 0 Å². The fraction of sp³-hybridized carbons (Fsp3) is 0.882. The number of unbranched alkanes of at least 4 members (excludes halogenated alkanes) is 52. The van der Waals surface area contributed by atoms with Gasteiger partial charge >= 0.3 is 17.9 Å². The van der Waals surface area contributed by atoms with Crippen LogP contribution in [-0.2, 0) is 28.6 Å². The van der Waals surface area contributed by atoms with Crippen molar-refractivity contribution in [2.24, 2.45) is 0 Å². The lowest BCUT2D eigenvalue weighted by Crippen LogP contribution is -2.30. The van der Waals surface area contributed by atoms with Gasteiger partial charge in [0, 0.05) is 19.3 Å². The third-order valence-corrected chi connectivity index (χ3v) is 16.8. The van der Waals surface area contributed by atoms with Crippen molar-refractivity contribution in [2.75, 3.05) is 13.2 Å². The fourth-order valence-electron chi connectivity index (χ4n) is 11.3. The number of hydrogen-bond acceptors (Lipinski definition) is 6. The average Bonchev–Trinajstić information content (AvgIpc) is 3.47. The van der Waals surface area contributed by atoms with Gasteiger partial charge in [0.2, 0.25) is 0 Å². The molecular formula is C76H142O6. The summed E-state index contributed by atoms with van der Waals surface area (Å²) in [4.78, 5) is 38.4. The van der Waals surface area contributed by atoms with E-state index in [9.17, 15) is 14.4 Å². The Labute approximate surface area is 512 Å². The molecule has 0 spiro atoms. The van der Waals surface area contributed by atoms with E-state index in [4.69, 9.17) is 14.2 Å². The predicted molar refractivity (Wildman–Crippen MR) is 358 cm³/mol. The van der Waals surface area contributed by atoms with E-state index in [1.165, 1.54) is 289 Å². The van der Waals surface area contributed by atoms with Crippen molar-refractivity contribution in [3.8, 4) is 0 Å². The zero-order valence-corrected chi connectivity index (χ0v) is 55.5. The van der Waals surface area contributed by atoms with Crippen molar-refractivity contribution in [1.29, 1.82) is 0 Å². The predicted octanol–water partition coefficient (Wildman–Crippen LogP) is 25.5. The first kappa shape index (κ1) is 79.6.